The van der Waals surface area contributed by atoms with Gasteiger partial charge in [-0.15, -0.1) is 0 Å². The highest BCUT2D eigenvalue weighted by Crippen LogP contribution is 2.26. The van der Waals surface area contributed by atoms with Crippen LogP contribution in [0.4, 0.5) is 5.82 Å². The number of nitrogens with zero attached hydrogens (tertiary/aromatic N) is 2. The average Bonchev–Trinajstić information content (AvgIpc) is 2.70. The number of aromatic carboxylic acids is 1. The molecule has 0 saturated heterocycles. The number of carboxylic acids is 1. The van der Waals surface area contributed by atoms with E-state index in [0.29, 0.717) is 40.1 Å². The Labute approximate surface area is 172 Å². The third kappa shape index (κ3) is 4.71. The molecule has 2 N–H and O–H groups in total. The van der Waals surface area contributed by atoms with Crippen LogP contribution >= 0.6 is 23.2 Å². The first kappa shape index (κ1) is 19.9. The summed E-state index contributed by atoms with van der Waals surface area (Å²) in [5.74, 6) is -0.455. The first-order valence-corrected chi connectivity index (χ1v) is 9.17. The minimum Gasteiger partial charge on any atom is -0.478 e. The Bertz CT molecular complexity index is 991. The Kier molecular flexibility index (Phi) is 6.34. The van der Waals surface area contributed by atoms with Crippen molar-refractivity contribution in [3.63, 3.8) is 0 Å². The van der Waals surface area contributed by atoms with Crippen molar-refractivity contribution in [2.24, 2.45) is 0 Å². The first-order valence-electron chi connectivity index (χ1n) is 8.41. The molecule has 0 unspecified atom stereocenters. The maximum absolute atomic E-state index is 11.2. The lowest BCUT2D eigenvalue weighted by molar-refractivity contribution is 0.0697. The van der Waals surface area contributed by atoms with Crippen LogP contribution in [0.25, 0.3) is 11.3 Å². The molecule has 144 valence electrons. The fourth-order valence-corrected chi connectivity index (χ4v) is 3.24. The number of aromatic nitrogens is 2. The topological polar surface area (TPSA) is 84.3 Å². The molecule has 0 atom stereocenters. The van der Waals surface area contributed by atoms with E-state index in [1.165, 1.54) is 13.2 Å². The summed E-state index contributed by atoms with van der Waals surface area (Å²) in [5.41, 5.74) is 2.23. The molecule has 1 aromatic heterocycles. The van der Waals surface area contributed by atoms with E-state index in [2.05, 4.69) is 15.3 Å². The zero-order chi connectivity index (χ0) is 20.1. The number of ether oxygens (including phenoxy) is 1. The molecule has 0 spiro atoms. The maximum Gasteiger partial charge on any atom is 0.335 e. The van der Waals surface area contributed by atoms with Crippen LogP contribution in [0.15, 0.2) is 48.5 Å². The van der Waals surface area contributed by atoms with Crippen molar-refractivity contribution in [1.82, 2.24) is 9.97 Å². The minimum absolute atomic E-state index is 0.177. The number of anilines is 1. The van der Waals surface area contributed by atoms with E-state index in [1.54, 1.807) is 42.5 Å². The monoisotopic (exact) mass is 417 g/mol. The summed E-state index contributed by atoms with van der Waals surface area (Å²) in [6.07, 6.45) is 0.606. The Morgan fingerprint density at radius 2 is 1.82 bits per heavy atom. The van der Waals surface area contributed by atoms with Gasteiger partial charge in [-0.1, -0.05) is 41.4 Å². The van der Waals surface area contributed by atoms with E-state index in [0.717, 1.165) is 5.56 Å². The van der Waals surface area contributed by atoms with Crippen LogP contribution in [0, 0.1) is 0 Å². The van der Waals surface area contributed by atoms with Crippen molar-refractivity contribution in [1.29, 1.82) is 0 Å². The highest BCUT2D eigenvalue weighted by Gasteiger charge is 2.11. The highest BCUT2D eigenvalue weighted by atomic mass is 35.5. The van der Waals surface area contributed by atoms with Crippen LogP contribution in [-0.4, -0.2) is 34.7 Å². The summed E-state index contributed by atoms with van der Waals surface area (Å²) >= 11 is 12.4. The fourth-order valence-electron chi connectivity index (χ4n) is 2.65. The van der Waals surface area contributed by atoms with E-state index in [-0.39, 0.29) is 11.6 Å². The summed E-state index contributed by atoms with van der Waals surface area (Å²) < 4.78 is 5.18. The lowest BCUT2D eigenvalue weighted by Crippen LogP contribution is -2.08. The molecule has 0 amide bonds. The summed E-state index contributed by atoms with van der Waals surface area (Å²) in [7, 11) is 1.47. The molecule has 28 heavy (non-hydrogen) atoms. The smallest absolute Gasteiger partial charge is 0.335 e. The van der Waals surface area contributed by atoms with Crippen molar-refractivity contribution < 1.29 is 14.6 Å². The van der Waals surface area contributed by atoms with Crippen molar-refractivity contribution >= 4 is 35.0 Å². The Balaban J connectivity index is 1.81. The Hall–Kier alpha value is -2.83. The summed E-state index contributed by atoms with van der Waals surface area (Å²) in [6.45, 7) is 0.540. The van der Waals surface area contributed by atoms with Gasteiger partial charge in [-0.2, -0.15) is 9.97 Å². The maximum atomic E-state index is 11.2. The van der Waals surface area contributed by atoms with Crippen LogP contribution in [0.2, 0.25) is 10.0 Å². The van der Waals surface area contributed by atoms with Gasteiger partial charge in [0.1, 0.15) is 5.82 Å². The molecule has 0 aliphatic heterocycles. The van der Waals surface area contributed by atoms with Crippen molar-refractivity contribution in [2.45, 2.75) is 6.42 Å². The molecule has 0 radical (unpaired) electrons. The molecule has 2 aromatic carbocycles. The molecule has 3 aromatic rings. The van der Waals surface area contributed by atoms with Gasteiger partial charge in [0.15, 0.2) is 0 Å². The molecule has 0 fully saturated rings. The summed E-state index contributed by atoms with van der Waals surface area (Å²) in [5, 5.41) is 13.6. The number of nitrogens with one attached hydrogen (secondary N) is 1. The third-order valence-electron chi connectivity index (χ3n) is 4.04. The fraction of sp³-hybridized carbons (Fsp3) is 0.150. The van der Waals surface area contributed by atoms with Crippen LogP contribution in [-0.2, 0) is 6.42 Å². The zero-order valence-corrected chi connectivity index (χ0v) is 16.5. The lowest BCUT2D eigenvalue weighted by Gasteiger charge is -2.11. The third-order valence-corrected chi connectivity index (χ3v) is 4.74. The number of carbonyl (C=O) groups is 1. The van der Waals surface area contributed by atoms with Gasteiger partial charge in [0, 0.05) is 28.2 Å². The van der Waals surface area contributed by atoms with Gasteiger partial charge >= 0.3 is 12.0 Å². The highest BCUT2D eigenvalue weighted by molar-refractivity contribution is 6.36. The Morgan fingerprint density at radius 3 is 2.50 bits per heavy atom. The second-order valence-corrected chi connectivity index (χ2v) is 6.70. The second-order valence-electron chi connectivity index (χ2n) is 5.89. The minimum atomic E-state index is -1.00. The molecule has 6 nitrogen and oxygen atoms in total. The van der Waals surface area contributed by atoms with Crippen LogP contribution < -0.4 is 10.1 Å². The van der Waals surface area contributed by atoms with Crippen molar-refractivity contribution in [2.75, 3.05) is 19.0 Å². The lowest BCUT2D eigenvalue weighted by atomic mass is 10.1. The molecule has 0 aliphatic rings. The predicted molar refractivity (Wildman–Crippen MR) is 110 cm³/mol. The van der Waals surface area contributed by atoms with Gasteiger partial charge in [-0.25, -0.2) is 4.79 Å². The molecular formula is C20H17Cl2N3O3. The van der Waals surface area contributed by atoms with Gasteiger partial charge in [0.05, 0.1) is 18.4 Å². The van der Waals surface area contributed by atoms with E-state index in [4.69, 9.17) is 27.9 Å². The quantitative estimate of drug-likeness (QED) is 0.573. The molecule has 0 aliphatic carbocycles. The van der Waals surface area contributed by atoms with Crippen LogP contribution in [0.5, 0.6) is 6.01 Å². The number of halogens is 2. The predicted octanol–water partition coefficient (Wildman–Crippen LogP) is 4.81. The normalized spacial score (nSPS) is 10.5. The number of hydrogen-bond acceptors (Lipinski definition) is 5. The van der Waals surface area contributed by atoms with Crippen LogP contribution in [0.3, 0.4) is 0 Å². The van der Waals surface area contributed by atoms with Gasteiger partial charge in [-0.3, -0.25) is 0 Å². The first-order chi connectivity index (χ1) is 13.5. The van der Waals surface area contributed by atoms with E-state index in [1.807, 2.05) is 0 Å². The second kappa shape index (κ2) is 8.91. The van der Waals surface area contributed by atoms with Gasteiger partial charge in [0.25, 0.3) is 0 Å². The van der Waals surface area contributed by atoms with Gasteiger partial charge < -0.3 is 15.2 Å². The van der Waals surface area contributed by atoms with Crippen molar-refractivity contribution in [3.8, 4) is 17.3 Å². The molecule has 0 saturated carbocycles. The molecular weight excluding hydrogens is 401 g/mol. The Morgan fingerprint density at radius 1 is 1.11 bits per heavy atom. The number of hydrogen-bond donors (Lipinski definition) is 2. The van der Waals surface area contributed by atoms with E-state index >= 15 is 0 Å². The van der Waals surface area contributed by atoms with Crippen molar-refractivity contribution in [3.05, 3.63) is 69.7 Å². The molecule has 0 bridgehead atoms. The summed E-state index contributed by atoms with van der Waals surface area (Å²) in [6, 6.07) is 13.8. The average molecular weight is 418 g/mol. The van der Waals surface area contributed by atoms with Gasteiger partial charge in [0.2, 0.25) is 0 Å². The zero-order valence-electron chi connectivity index (χ0n) is 14.9. The molecule has 3 rings (SSSR count). The number of carboxylic acid groups (broad SMARTS) is 1. The SMILES string of the molecule is COc1nc(NCCc2c(Cl)cccc2Cl)cc(-c2cccc(C(=O)O)c2)n1. The van der Waals surface area contributed by atoms with Crippen LogP contribution in [0.1, 0.15) is 15.9 Å². The van der Waals surface area contributed by atoms with Gasteiger partial charge in [-0.05, 0) is 36.2 Å². The largest absolute Gasteiger partial charge is 0.478 e. The number of rotatable bonds is 7. The number of benzene rings is 2. The van der Waals surface area contributed by atoms with E-state index in [9.17, 15) is 9.90 Å². The number of methoxy groups -OCH3 is 1. The standard InChI is InChI=1S/C20H17Cl2N3O3/c1-28-20-24-17(12-4-2-5-13(10-12)19(26)27)11-18(25-20)23-9-8-14-15(21)6-3-7-16(14)22/h2-7,10-11H,8-9H2,1H3,(H,26,27)(H,23,24,25). The summed E-state index contributed by atoms with van der Waals surface area (Å²) in [4.78, 5) is 19.8. The molecule has 1 heterocycles. The van der Waals surface area contributed by atoms with E-state index < -0.39 is 5.97 Å². The molecule has 8 heteroatoms.